The fraction of sp³-hybridized carbons (Fsp3) is 0.643. The van der Waals surface area contributed by atoms with E-state index in [0.29, 0.717) is 12.4 Å². The van der Waals surface area contributed by atoms with Crippen LogP contribution in [0.2, 0.25) is 0 Å². The lowest BCUT2D eigenvalue weighted by Crippen LogP contribution is -2.07. The lowest BCUT2D eigenvalue weighted by atomic mass is 10.3. The molecule has 0 aliphatic heterocycles. The van der Waals surface area contributed by atoms with Crippen molar-refractivity contribution in [3.63, 3.8) is 0 Å². The summed E-state index contributed by atoms with van der Waals surface area (Å²) < 4.78 is 7.46. The first-order valence-corrected chi connectivity index (χ1v) is 7.28. The predicted octanol–water partition coefficient (Wildman–Crippen LogP) is 2.11. The van der Waals surface area contributed by atoms with Gasteiger partial charge in [0, 0.05) is 20.2 Å². The van der Waals surface area contributed by atoms with Crippen molar-refractivity contribution < 1.29 is 4.74 Å². The van der Waals surface area contributed by atoms with Crippen LogP contribution in [0.3, 0.4) is 0 Å². The highest BCUT2D eigenvalue weighted by molar-refractivity contribution is 5.86. The molecule has 0 amide bonds. The van der Waals surface area contributed by atoms with Crippen LogP contribution < -0.4 is 5.32 Å². The molecule has 1 aliphatic rings. The Hall–Kier alpha value is -1.69. The molecule has 108 valence electrons. The van der Waals surface area contributed by atoms with Gasteiger partial charge in [-0.05, 0) is 19.3 Å². The van der Waals surface area contributed by atoms with Gasteiger partial charge in [-0.2, -0.15) is 5.10 Å². The smallest absolute Gasteiger partial charge is 0.163 e. The van der Waals surface area contributed by atoms with E-state index < -0.39 is 0 Å². The average molecular weight is 275 g/mol. The van der Waals surface area contributed by atoms with Crippen molar-refractivity contribution in [2.75, 3.05) is 18.5 Å². The van der Waals surface area contributed by atoms with Gasteiger partial charge in [-0.1, -0.05) is 12.8 Å². The maximum Gasteiger partial charge on any atom is 0.163 e. The topological polar surface area (TPSA) is 64.9 Å². The molecule has 0 bridgehead atoms. The molecule has 0 atom stereocenters. The lowest BCUT2D eigenvalue weighted by molar-refractivity contribution is 0.110. The maximum atomic E-state index is 5.69. The van der Waals surface area contributed by atoms with E-state index in [-0.39, 0.29) is 0 Å². The van der Waals surface area contributed by atoms with Gasteiger partial charge >= 0.3 is 0 Å². The highest BCUT2D eigenvalue weighted by atomic mass is 16.5. The Labute approximate surface area is 118 Å². The fourth-order valence-electron chi connectivity index (χ4n) is 2.25. The standard InChI is InChI=1S/C14H21N5O/c1-3-15-13-11-8-16-19(2)14(11)18-12(17-13)9-20-7-6-10-4-5-10/h8,10H,3-7,9H2,1-2H3,(H,15,17,18). The zero-order valence-corrected chi connectivity index (χ0v) is 12.1. The van der Waals surface area contributed by atoms with E-state index in [9.17, 15) is 0 Å². The third-order valence-electron chi connectivity index (χ3n) is 3.58. The van der Waals surface area contributed by atoms with Crippen LogP contribution in [0, 0.1) is 5.92 Å². The minimum Gasteiger partial charge on any atom is -0.373 e. The summed E-state index contributed by atoms with van der Waals surface area (Å²) in [6.07, 6.45) is 5.69. The van der Waals surface area contributed by atoms with Crippen LogP contribution in [0.25, 0.3) is 11.0 Å². The van der Waals surface area contributed by atoms with E-state index >= 15 is 0 Å². The summed E-state index contributed by atoms with van der Waals surface area (Å²) in [5.41, 5.74) is 0.844. The zero-order valence-electron chi connectivity index (χ0n) is 12.1. The van der Waals surface area contributed by atoms with Crippen molar-refractivity contribution in [2.24, 2.45) is 13.0 Å². The van der Waals surface area contributed by atoms with Gasteiger partial charge in [0.15, 0.2) is 11.5 Å². The summed E-state index contributed by atoms with van der Waals surface area (Å²) in [6, 6.07) is 0. The second kappa shape index (κ2) is 5.75. The number of nitrogens with one attached hydrogen (secondary N) is 1. The van der Waals surface area contributed by atoms with Gasteiger partial charge < -0.3 is 10.1 Å². The van der Waals surface area contributed by atoms with Crippen molar-refractivity contribution in [1.29, 1.82) is 0 Å². The molecule has 2 aromatic heterocycles. The SMILES string of the molecule is CCNc1nc(COCCC2CC2)nc2c1cnn2C. The number of anilines is 1. The van der Waals surface area contributed by atoms with E-state index in [4.69, 9.17) is 4.74 Å². The molecule has 0 saturated heterocycles. The Kier molecular flexibility index (Phi) is 3.82. The first kappa shape index (κ1) is 13.3. The molecule has 6 heteroatoms. The van der Waals surface area contributed by atoms with Gasteiger partial charge in [-0.3, -0.25) is 4.68 Å². The minimum absolute atomic E-state index is 0.465. The normalized spacial score (nSPS) is 14.9. The number of hydrogen-bond donors (Lipinski definition) is 1. The van der Waals surface area contributed by atoms with Crippen LogP contribution in [0.15, 0.2) is 6.20 Å². The van der Waals surface area contributed by atoms with Crippen LogP contribution >= 0.6 is 0 Å². The van der Waals surface area contributed by atoms with Crippen LogP contribution in [0.5, 0.6) is 0 Å². The Morgan fingerprint density at radius 2 is 2.25 bits per heavy atom. The fourth-order valence-corrected chi connectivity index (χ4v) is 2.25. The number of ether oxygens (including phenoxy) is 1. The maximum absolute atomic E-state index is 5.69. The van der Waals surface area contributed by atoms with Crippen molar-refractivity contribution in [3.8, 4) is 0 Å². The summed E-state index contributed by atoms with van der Waals surface area (Å²) in [5.74, 6) is 2.45. The molecule has 20 heavy (non-hydrogen) atoms. The van der Waals surface area contributed by atoms with Gasteiger partial charge in [0.1, 0.15) is 12.4 Å². The van der Waals surface area contributed by atoms with E-state index in [1.165, 1.54) is 12.8 Å². The number of aromatic nitrogens is 4. The molecule has 1 fully saturated rings. The highest BCUT2D eigenvalue weighted by Crippen LogP contribution is 2.32. The summed E-state index contributed by atoms with van der Waals surface area (Å²) in [5, 5.41) is 8.46. The largest absolute Gasteiger partial charge is 0.373 e. The van der Waals surface area contributed by atoms with Crippen LogP contribution in [-0.4, -0.2) is 32.9 Å². The summed E-state index contributed by atoms with van der Waals surface area (Å²) >= 11 is 0. The van der Waals surface area contributed by atoms with Crippen LogP contribution in [-0.2, 0) is 18.4 Å². The Balaban J connectivity index is 1.73. The van der Waals surface area contributed by atoms with Gasteiger partial charge in [-0.25, -0.2) is 9.97 Å². The van der Waals surface area contributed by atoms with Crippen molar-refractivity contribution in [3.05, 3.63) is 12.0 Å². The Morgan fingerprint density at radius 1 is 1.40 bits per heavy atom. The van der Waals surface area contributed by atoms with Crippen LogP contribution in [0.1, 0.15) is 32.0 Å². The molecule has 2 aromatic rings. The van der Waals surface area contributed by atoms with E-state index in [1.807, 2.05) is 7.05 Å². The number of nitrogens with zero attached hydrogens (tertiary/aromatic N) is 4. The van der Waals surface area contributed by atoms with Gasteiger partial charge in [0.2, 0.25) is 0 Å². The summed E-state index contributed by atoms with van der Waals surface area (Å²) in [4.78, 5) is 9.07. The molecule has 6 nitrogen and oxygen atoms in total. The molecular formula is C14H21N5O. The summed E-state index contributed by atoms with van der Waals surface area (Å²) in [6.45, 7) is 4.14. The molecule has 1 aliphatic carbocycles. The second-order valence-electron chi connectivity index (χ2n) is 5.31. The quantitative estimate of drug-likeness (QED) is 0.784. The molecule has 0 radical (unpaired) electrons. The monoisotopic (exact) mass is 275 g/mol. The lowest BCUT2D eigenvalue weighted by Gasteiger charge is -2.08. The Morgan fingerprint density at radius 3 is 3.00 bits per heavy atom. The third-order valence-corrected chi connectivity index (χ3v) is 3.58. The number of rotatable bonds is 7. The number of hydrogen-bond acceptors (Lipinski definition) is 5. The van der Waals surface area contributed by atoms with Gasteiger partial charge in [-0.15, -0.1) is 0 Å². The molecule has 1 N–H and O–H groups in total. The Bertz CT molecular complexity index is 591. The zero-order chi connectivity index (χ0) is 13.9. The number of aryl methyl sites for hydroxylation is 1. The molecule has 0 unspecified atom stereocenters. The second-order valence-corrected chi connectivity index (χ2v) is 5.31. The molecule has 3 rings (SSSR count). The molecule has 0 spiro atoms. The number of fused-ring (bicyclic) bond motifs is 1. The highest BCUT2D eigenvalue weighted by Gasteiger charge is 2.20. The molecular weight excluding hydrogens is 254 g/mol. The van der Waals surface area contributed by atoms with E-state index in [2.05, 4.69) is 27.3 Å². The molecule has 2 heterocycles. The first-order valence-electron chi connectivity index (χ1n) is 7.28. The van der Waals surface area contributed by atoms with Gasteiger partial charge in [0.05, 0.1) is 11.6 Å². The van der Waals surface area contributed by atoms with E-state index in [0.717, 1.165) is 42.3 Å². The van der Waals surface area contributed by atoms with Crippen LogP contribution in [0.4, 0.5) is 5.82 Å². The molecule has 1 saturated carbocycles. The van der Waals surface area contributed by atoms with Crippen molar-refractivity contribution in [1.82, 2.24) is 19.7 Å². The van der Waals surface area contributed by atoms with Crippen molar-refractivity contribution in [2.45, 2.75) is 32.8 Å². The van der Waals surface area contributed by atoms with Crippen molar-refractivity contribution >= 4 is 16.9 Å². The first-order chi connectivity index (χ1) is 9.78. The third kappa shape index (κ3) is 2.90. The van der Waals surface area contributed by atoms with Gasteiger partial charge in [0.25, 0.3) is 0 Å². The minimum atomic E-state index is 0.465. The average Bonchev–Trinajstić information content (AvgIpc) is 3.19. The predicted molar refractivity (Wildman–Crippen MR) is 77.5 cm³/mol. The van der Waals surface area contributed by atoms with E-state index in [1.54, 1.807) is 10.9 Å². The summed E-state index contributed by atoms with van der Waals surface area (Å²) in [7, 11) is 1.89. The molecule has 0 aromatic carbocycles.